The van der Waals surface area contributed by atoms with Gasteiger partial charge in [-0.15, -0.1) is 11.6 Å². The van der Waals surface area contributed by atoms with Crippen LogP contribution in [-0.4, -0.2) is 16.9 Å². The number of nitrogens with one attached hydrogen (secondary N) is 1. The molecule has 0 amide bonds. The first-order valence-electron chi connectivity index (χ1n) is 5.02. The first kappa shape index (κ1) is 12.4. The average Bonchev–Trinajstić information content (AvgIpc) is 2.18. The molecule has 4 heteroatoms. The topological polar surface area (TPSA) is 24.9 Å². The van der Waals surface area contributed by atoms with Crippen LogP contribution in [0.3, 0.4) is 0 Å². The Kier molecular flexibility index (Phi) is 4.99. The molecule has 1 aromatic rings. The fourth-order valence-electron chi connectivity index (χ4n) is 1.27. The van der Waals surface area contributed by atoms with Gasteiger partial charge in [0.05, 0.1) is 6.20 Å². The standard InChI is InChI=1S/C11H16ClFN2/c1-8(2)11(4-12)15-6-9-3-10(13)7-14-5-9/h3,5,7-8,11,15H,4,6H2,1-2H3. The second kappa shape index (κ2) is 6.03. The summed E-state index contributed by atoms with van der Waals surface area (Å²) in [6.45, 7) is 4.80. The van der Waals surface area contributed by atoms with Crippen molar-refractivity contribution >= 4 is 11.6 Å². The van der Waals surface area contributed by atoms with Gasteiger partial charge in [-0.05, 0) is 17.5 Å². The Labute approximate surface area is 94.9 Å². The maximum atomic E-state index is 12.8. The third kappa shape index (κ3) is 4.14. The van der Waals surface area contributed by atoms with Crippen molar-refractivity contribution in [3.63, 3.8) is 0 Å². The predicted molar refractivity (Wildman–Crippen MR) is 60.4 cm³/mol. The van der Waals surface area contributed by atoms with E-state index in [1.807, 2.05) is 0 Å². The summed E-state index contributed by atoms with van der Waals surface area (Å²) in [6, 6.07) is 1.72. The van der Waals surface area contributed by atoms with Gasteiger partial charge < -0.3 is 5.32 Å². The smallest absolute Gasteiger partial charge is 0.141 e. The number of aromatic nitrogens is 1. The van der Waals surface area contributed by atoms with Crippen molar-refractivity contribution in [1.29, 1.82) is 0 Å². The molecule has 1 unspecified atom stereocenters. The average molecular weight is 231 g/mol. The van der Waals surface area contributed by atoms with Gasteiger partial charge in [0.1, 0.15) is 5.82 Å². The van der Waals surface area contributed by atoms with Crippen LogP contribution in [0.2, 0.25) is 0 Å². The normalized spacial score (nSPS) is 13.1. The van der Waals surface area contributed by atoms with E-state index in [1.165, 1.54) is 12.3 Å². The number of hydrogen-bond acceptors (Lipinski definition) is 2. The molecule has 0 fully saturated rings. The highest BCUT2D eigenvalue weighted by atomic mass is 35.5. The van der Waals surface area contributed by atoms with Crippen LogP contribution in [0.1, 0.15) is 19.4 Å². The minimum Gasteiger partial charge on any atom is -0.308 e. The molecule has 1 aromatic heterocycles. The molecule has 0 saturated heterocycles. The monoisotopic (exact) mass is 230 g/mol. The van der Waals surface area contributed by atoms with Crippen molar-refractivity contribution in [2.45, 2.75) is 26.4 Å². The first-order valence-corrected chi connectivity index (χ1v) is 5.55. The molecular formula is C11H16ClFN2. The Balaban J connectivity index is 2.49. The molecule has 1 rings (SSSR count). The molecule has 0 aromatic carbocycles. The molecule has 84 valence electrons. The van der Waals surface area contributed by atoms with Gasteiger partial charge in [-0.1, -0.05) is 13.8 Å². The van der Waals surface area contributed by atoms with Gasteiger partial charge in [0, 0.05) is 24.7 Å². The summed E-state index contributed by atoms with van der Waals surface area (Å²) < 4.78 is 12.8. The lowest BCUT2D eigenvalue weighted by molar-refractivity contribution is 0.429. The molecule has 2 nitrogen and oxygen atoms in total. The molecule has 0 bridgehead atoms. The van der Waals surface area contributed by atoms with E-state index in [0.717, 1.165) is 5.56 Å². The lowest BCUT2D eigenvalue weighted by Gasteiger charge is -2.19. The summed E-state index contributed by atoms with van der Waals surface area (Å²) in [4.78, 5) is 3.78. The van der Waals surface area contributed by atoms with Crippen molar-refractivity contribution in [1.82, 2.24) is 10.3 Å². The van der Waals surface area contributed by atoms with Crippen LogP contribution in [0.4, 0.5) is 4.39 Å². The lowest BCUT2D eigenvalue weighted by atomic mass is 10.1. The number of pyridine rings is 1. The van der Waals surface area contributed by atoms with Crippen LogP contribution in [-0.2, 0) is 6.54 Å². The molecule has 0 spiro atoms. The van der Waals surface area contributed by atoms with Gasteiger partial charge in [0.15, 0.2) is 0 Å². The van der Waals surface area contributed by atoms with E-state index in [-0.39, 0.29) is 11.9 Å². The first-order chi connectivity index (χ1) is 7.13. The molecular weight excluding hydrogens is 215 g/mol. The Morgan fingerprint density at radius 3 is 2.73 bits per heavy atom. The highest BCUT2D eigenvalue weighted by molar-refractivity contribution is 6.18. The quantitative estimate of drug-likeness (QED) is 0.787. The van der Waals surface area contributed by atoms with E-state index >= 15 is 0 Å². The molecule has 1 heterocycles. The largest absolute Gasteiger partial charge is 0.308 e. The van der Waals surface area contributed by atoms with Gasteiger partial charge in [0.2, 0.25) is 0 Å². The van der Waals surface area contributed by atoms with Crippen LogP contribution < -0.4 is 5.32 Å². The molecule has 0 aliphatic carbocycles. The van der Waals surface area contributed by atoms with E-state index in [2.05, 4.69) is 24.1 Å². The van der Waals surface area contributed by atoms with Gasteiger partial charge in [-0.3, -0.25) is 4.98 Å². The molecule has 0 radical (unpaired) electrons. The molecule has 1 atom stereocenters. The molecule has 0 aliphatic rings. The minimum atomic E-state index is -0.304. The lowest BCUT2D eigenvalue weighted by Crippen LogP contribution is -2.34. The highest BCUT2D eigenvalue weighted by Gasteiger charge is 2.10. The Morgan fingerprint density at radius 2 is 2.20 bits per heavy atom. The predicted octanol–water partition coefficient (Wildman–Crippen LogP) is 2.57. The van der Waals surface area contributed by atoms with E-state index in [1.54, 1.807) is 6.20 Å². The van der Waals surface area contributed by atoms with Crippen LogP contribution in [0, 0.1) is 11.7 Å². The van der Waals surface area contributed by atoms with Crippen LogP contribution in [0.15, 0.2) is 18.5 Å². The zero-order valence-corrected chi connectivity index (χ0v) is 9.76. The molecule has 0 saturated carbocycles. The molecule has 1 N–H and O–H groups in total. The van der Waals surface area contributed by atoms with Gasteiger partial charge >= 0.3 is 0 Å². The summed E-state index contributed by atoms with van der Waals surface area (Å²) in [6.07, 6.45) is 2.85. The summed E-state index contributed by atoms with van der Waals surface area (Å²) in [5, 5.41) is 3.27. The van der Waals surface area contributed by atoms with Crippen molar-refractivity contribution in [2.75, 3.05) is 5.88 Å². The van der Waals surface area contributed by atoms with Crippen molar-refractivity contribution in [3.05, 3.63) is 29.8 Å². The van der Waals surface area contributed by atoms with Gasteiger partial charge in [0.25, 0.3) is 0 Å². The maximum Gasteiger partial charge on any atom is 0.141 e. The van der Waals surface area contributed by atoms with Crippen LogP contribution >= 0.6 is 11.6 Å². The maximum absolute atomic E-state index is 12.8. The fraction of sp³-hybridized carbons (Fsp3) is 0.545. The summed E-state index contributed by atoms with van der Waals surface area (Å²) in [5.74, 6) is 0.714. The zero-order chi connectivity index (χ0) is 11.3. The van der Waals surface area contributed by atoms with E-state index in [9.17, 15) is 4.39 Å². The van der Waals surface area contributed by atoms with E-state index < -0.39 is 0 Å². The van der Waals surface area contributed by atoms with E-state index in [0.29, 0.717) is 18.3 Å². The number of nitrogens with zero attached hydrogens (tertiary/aromatic N) is 1. The number of rotatable bonds is 5. The van der Waals surface area contributed by atoms with Crippen molar-refractivity contribution in [2.24, 2.45) is 5.92 Å². The highest BCUT2D eigenvalue weighted by Crippen LogP contribution is 2.06. The Morgan fingerprint density at radius 1 is 1.47 bits per heavy atom. The van der Waals surface area contributed by atoms with Gasteiger partial charge in [-0.25, -0.2) is 4.39 Å². The second-order valence-corrected chi connectivity index (χ2v) is 4.21. The third-order valence-electron chi connectivity index (χ3n) is 2.30. The second-order valence-electron chi connectivity index (χ2n) is 3.90. The van der Waals surface area contributed by atoms with E-state index in [4.69, 9.17) is 11.6 Å². The number of halogens is 2. The van der Waals surface area contributed by atoms with Crippen LogP contribution in [0.5, 0.6) is 0 Å². The SMILES string of the molecule is CC(C)C(CCl)NCc1cncc(F)c1. The van der Waals surface area contributed by atoms with Crippen LogP contribution in [0.25, 0.3) is 0 Å². The Hall–Kier alpha value is -0.670. The number of hydrogen-bond donors (Lipinski definition) is 1. The van der Waals surface area contributed by atoms with Crippen molar-refractivity contribution in [3.8, 4) is 0 Å². The Bertz CT molecular complexity index is 304. The molecule has 15 heavy (non-hydrogen) atoms. The summed E-state index contributed by atoms with van der Waals surface area (Å²) >= 11 is 5.81. The summed E-state index contributed by atoms with van der Waals surface area (Å²) in [7, 11) is 0. The molecule has 0 aliphatic heterocycles. The zero-order valence-electron chi connectivity index (χ0n) is 9.00. The summed E-state index contributed by atoms with van der Waals surface area (Å²) in [5.41, 5.74) is 0.839. The van der Waals surface area contributed by atoms with Gasteiger partial charge in [-0.2, -0.15) is 0 Å². The minimum absolute atomic E-state index is 0.245. The number of alkyl halides is 1. The third-order valence-corrected chi connectivity index (χ3v) is 2.63. The van der Waals surface area contributed by atoms with Crippen molar-refractivity contribution < 1.29 is 4.39 Å². The fourth-order valence-corrected chi connectivity index (χ4v) is 1.74.